The molecule has 3 aromatic rings. The molecule has 1 aliphatic heterocycles. The number of aryl methyl sites for hydroxylation is 1. The van der Waals surface area contributed by atoms with Gasteiger partial charge in [0.2, 0.25) is 27.8 Å². The van der Waals surface area contributed by atoms with Crippen LogP contribution in [-0.2, 0) is 26.0 Å². The molecule has 0 aliphatic carbocycles. The number of hydrogen-bond donors (Lipinski definition) is 4. The van der Waals surface area contributed by atoms with Crippen LogP contribution in [0, 0.1) is 18.4 Å². The predicted molar refractivity (Wildman–Crippen MR) is 150 cm³/mol. The van der Waals surface area contributed by atoms with Gasteiger partial charge in [-0.2, -0.15) is 5.26 Å². The van der Waals surface area contributed by atoms with Gasteiger partial charge in [0.25, 0.3) is 0 Å². The lowest BCUT2D eigenvalue weighted by atomic mass is 10.1. The van der Waals surface area contributed by atoms with E-state index in [9.17, 15) is 23.3 Å². The molecule has 1 saturated heterocycles. The number of guanidine groups is 1. The Hall–Kier alpha value is -4.41. The average Bonchev–Trinajstić information content (AvgIpc) is 3.19. The number of amides is 2. The number of rotatable bonds is 8. The van der Waals surface area contributed by atoms with E-state index in [1.165, 1.54) is 17.0 Å². The van der Waals surface area contributed by atoms with Gasteiger partial charge < -0.3 is 20.0 Å². The number of carbonyl (C=O) groups is 2. The van der Waals surface area contributed by atoms with E-state index in [2.05, 4.69) is 20.9 Å². The first kappa shape index (κ1) is 28.6. The van der Waals surface area contributed by atoms with Crippen molar-refractivity contribution in [1.82, 2.24) is 15.5 Å². The van der Waals surface area contributed by atoms with Gasteiger partial charge in [-0.25, -0.2) is 18.5 Å². The third-order valence-electron chi connectivity index (χ3n) is 6.44. The van der Waals surface area contributed by atoms with Gasteiger partial charge >= 0.3 is 0 Å². The lowest BCUT2D eigenvalue weighted by Gasteiger charge is -2.22. The van der Waals surface area contributed by atoms with Crippen molar-refractivity contribution < 1.29 is 22.4 Å². The van der Waals surface area contributed by atoms with E-state index in [0.717, 1.165) is 35.1 Å². The van der Waals surface area contributed by atoms with Crippen molar-refractivity contribution in [2.24, 2.45) is 10.1 Å². The molecule has 1 aliphatic rings. The maximum absolute atomic E-state index is 13.3. The van der Waals surface area contributed by atoms with Crippen LogP contribution in [0.15, 0.2) is 62.8 Å². The molecule has 12 nitrogen and oxygen atoms in total. The number of nitrogens with zero attached hydrogens (tertiary/aromatic N) is 3. The van der Waals surface area contributed by atoms with Crippen molar-refractivity contribution in [3.05, 3.63) is 59.9 Å². The molecule has 0 radical (unpaired) electrons. The Morgan fingerprint density at radius 2 is 1.98 bits per heavy atom. The summed E-state index contributed by atoms with van der Waals surface area (Å²) in [5.41, 5.74) is 2.24. The van der Waals surface area contributed by atoms with Crippen LogP contribution < -0.4 is 21.1 Å². The van der Waals surface area contributed by atoms with Crippen LogP contribution in [0.25, 0.3) is 11.0 Å². The van der Waals surface area contributed by atoms with Crippen molar-refractivity contribution in [3.63, 3.8) is 0 Å². The van der Waals surface area contributed by atoms with Crippen LogP contribution in [0.4, 0.5) is 5.69 Å². The molecule has 40 heavy (non-hydrogen) atoms. The highest BCUT2D eigenvalue weighted by Crippen LogP contribution is 2.23. The van der Waals surface area contributed by atoms with Crippen LogP contribution in [0.5, 0.6) is 0 Å². The first-order valence-electron chi connectivity index (χ1n) is 12.8. The highest BCUT2D eigenvalue weighted by Gasteiger charge is 2.28. The third kappa shape index (κ3) is 7.58. The van der Waals surface area contributed by atoms with Gasteiger partial charge in [-0.1, -0.05) is 12.1 Å². The molecule has 5 N–H and O–H groups in total. The van der Waals surface area contributed by atoms with Gasteiger partial charge in [-0.15, -0.1) is 0 Å². The summed E-state index contributed by atoms with van der Waals surface area (Å²) >= 11 is 0. The zero-order chi connectivity index (χ0) is 28.7. The number of nitrogens with two attached hydrogens (primary N) is 1. The normalized spacial score (nSPS) is 16.3. The summed E-state index contributed by atoms with van der Waals surface area (Å²) < 4.78 is 28.4. The fourth-order valence-corrected chi connectivity index (χ4v) is 4.99. The SMILES string of the molecule is Cc1cc2cc(NC(=N[C@H]3CCCCN(CC(=O)NCCc4ccc(S(N)(=O)=O)cc4)C3=O)NC#N)ccc2o1. The van der Waals surface area contributed by atoms with Crippen molar-refractivity contribution in [3.8, 4) is 6.19 Å². The van der Waals surface area contributed by atoms with Crippen LogP contribution in [-0.4, -0.2) is 56.8 Å². The lowest BCUT2D eigenvalue weighted by molar-refractivity contribution is -0.136. The molecule has 0 spiro atoms. The summed E-state index contributed by atoms with van der Waals surface area (Å²) in [5, 5.41) is 23.6. The Labute approximate surface area is 232 Å². The van der Waals surface area contributed by atoms with Gasteiger partial charge in [0.05, 0.1) is 11.4 Å². The molecule has 2 amide bonds. The van der Waals surface area contributed by atoms with Gasteiger partial charge in [0, 0.05) is 24.2 Å². The second-order valence-electron chi connectivity index (χ2n) is 9.51. The van der Waals surface area contributed by atoms with Gasteiger partial charge in [-0.05, 0) is 74.6 Å². The van der Waals surface area contributed by atoms with Crippen molar-refractivity contribution in [2.45, 2.75) is 43.5 Å². The number of hydrogen-bond acceptors (Lipinski definition) is 7. The molecular weight excluding hydrogens is 534 g/mol. The van der Waals surface area contributed by atoms with E-state index < -0.39 is 16.1 Å². The molecule has 1 fully saturated rings. The second kappa shape index (κ2) is 12.6. The van der Waals surface area contributed by atoms with E-state index in [-0.39, 0.29) is 29.2 Å². The van der Waals surface area contributed by atoms with E-state index in [1.807, 2.05) is 31.3 Å². The summed E-state index contributed by atoms with van der Waals surface area (Å²) in [6.07, 6.45) is 4.30. The minimum atomic E-state index is -3.76. The number of benzene rings is 2. The zero-order valence-corrected chi connectivity index (χ0v) is 22.8. The predicted octanol–water partition coefficient (Wildman–Crippen LogP) is 1.97. The molecule has 4 rings (SSSR count). The first-order chi connectivity index (χ1) is 19.1. The highest BCUT2D eigenvalue weighted by atomic mass is 32.2. The number of nitrogens with one attached hydrogen (secondary N) is 3. The topological polar surface area (TPSA) is 183 Å². The van der Waals surface area contributed by atoms with Crippen molar-refractivity contribution >= 4 is 44.5 Å². The number of carbonyl (C=O) groups excluding carboxylic acids is 2. The minimum Gasteiger partial charge on any atom is -0.461 e. The average molecular weight is 566 g/mol. The molecule has 1 aromatic heterocycles. The van der Waals surface area contributed by atoms with Crippen molar-refractivity contribution in [1.29, 1.82) is 5.26 Å². The number of nitriles is 1. The van der Waals surface area contributed by atoms with E-state index in [1.54, 1.807) is 18.2 Å². The Balaban J connectivity index is 1.35. The second-order valence-corrected chi connectivity index (χ2v) is 11.1. The number of furan rings is 1. The van der Waals surface area contributed by atoms with E-state index >= 15 is 0 Å². The number of likely N-dealkylation sites (tertiary alicyclic amines) is 1. The quantitative estimate of drug-likeness (QED) is 0.138. The van der Waals surface area contributed by atoms with E-state index in [4.69, 9.17) is 9.56 Å². The van der Waals surface area contributed by atoms with Gasteiger partial charge in [0.1, 0.15) is 17.4 Å². The molecule has 0 bridgehead atoms. The standard InChI is InChI=1S/C27H31N7O5S/c1-18-14-20-15-21(7-10-24(20)39-18)32-27(31-17-28)33-23-4-2-3-13-34(26(23)36)16-25(35)30-12-11-19-5-8-22(9-6-19)40(29,37)38/h5-10,14-15,23H,2-4,11-13,16H2,1H3,(H,30,35)(H2,29,37,38)(H2,31,32,33)/t23-/m0/s1. The Bertz CT molecular complexity index is 1560. The molecular formula is C27H31N7O5S. The number of sulfonamides is 1. The fraction of sp³-hybridized carbons (Fsp3) is 0.333. The van der Waals surface area contributed by atoms with Crippen LogP contribution in [0.1, 0.15) is 30.6 Å². The maximum Gasteiger partial charge on any atom is 0.247 e. The molecule has 2 aromatic carbocycles. The third-order valence-corrected chi connectivity index (χ3v) is 7.37. The summed E-state index contributed by atoms with van der Waals surface area (Å²) in [6.45, 7) is 2.49. The lowest BCUT2D eigenvalue weighted by Crippen LogP contribution is -2.44. The molecule has 210 valence electrons. The Morgan fingerprint density at radius 3 is 2.70 bits per heavy atom. The first-order valence-corrected chi connectivity index (χ1v) is 14.3. The maximum atomic E-state index is 13.3. The number of fused-ring (bicyclic) bond motifs is 1. The Morgan fingerprint density at radius 1 is 1.20 bits per heavy atom. The van der Waals surface area contributed by atoms with Gasteiger partial charge in [-0.3, -0.25) is 14.9 Å². The molecule has 1 atom stereocenters. The molecule has 0 unspecified atom stereocenters. The number of primary sulfonamides is 1. The fourth-order valence-electron chi connectivity index (χ4n) is 4.48. The van der Waals surface area contributed by atoms with E-state index in [0.29, 0.717) is 31.6 Å². The largest absolute Gasteiger partial charge is 0.461 e. The zero-order valence-electron chi connectivity index (χ0n) is 22.0. The van der Waals surface area contributed by atoms with Crippen LogP contribution in [0.3, 0.4) is 0 Å². The minimum absolute atomic E-state index is 0.0228. The highest BCUT2D eigenvalue weighted by molar-refractivity contribution is 7.89. The number of anilines is 1. The monoisotopic (exact) mass is 565 g/mol. The molecule has 13 heteroatoms. The van der Waals surface area contributed by atoms with Crippen LogP contribution in [0.2, 0.25) is 0 Å². The summed E-state index contributed by atoms with van der Waals surface area (Å²) in [4.78, 5) is 31.9. The van der Waals surface area contributed by atoms with Crippen LogP contribution >= 0.6 is 0 Å². The summed E-state index contributed by atoms with van der Waals surface area (Å²) in [7, 11) is -3.76. The number of aliphatic imine (C=N–C) groups is 1. The van der Waals surface area contributed by atoms with Gasteiger partial charge in [0.15, 0.2) is 6.19 Å². The Kier molecular flexibility index (Phi) is 9.03. The molecule has 0 saturated carbocycles. The van der Waals surface area contributed by atoms with Crippen molar-refractivity contribution in [2.75, 3.05) is 25.0 Å². The summed E-state index contributed by atoms with van der Waals surface area (Å²) in [6, 6.07) is 12.7. The summed E-state index contributed by atoms with van der Waals surface area (Å²) in [5.74, 6) is 0.325. The smallest absolute Gasteiger partial charge is 0.247 e. The molecule has 2 heterocycles.